The number of rotatable bonds is 5. The second kappa shape index (κ2) is 5.61. The van der Waals surface area contributed by atoms with Gasteiger partial charge in [0.25, 0.3) is 0 Å². The number of benzene rings is 1. The van der Waals surface area contributed by atoms with Crippen LogP contribution in [0.5, 0.6) is 0 Å². The Bertz CT molecular complexity index is 590. The van der Waals surface area contributed by atoms with Crippen molar-refractivity contribution in [2.45, 2.75) is 51.5 Å². The van der Waals surface area contributed by atoms with E-state index in [9.17, 15) is 4.79 Å². The SMILES string of the molecule is O=C(O)CCCCn1nc2cc3c(cc2n1)CCCC3. The van der Waals surface area contributed by atoms with Gasteiger partial charge in [-0.05, 0) is 61.8 Å². The van der Waals surface area contributed by atoms with Crippen LogP contribution in [0.15, 0.2) is 12.1 Å². The number of hydrogen-bond donors (Lipinski definition) is 1. The van der Waals surface area contributed by atoms with E-state index in [1.165, 1.54) is 24.0 Å². The molecule has 3 rings (SSSR count). The first-order valence-electron chi connectivity index (χ1n) is 7.31. The Morgan fingerprint density at radius 3 is 2.25 bits per heavy atom. The standard InChI is InChI=1S/C15H19N3O2/c19-15(20)7-3-4-8-18-16-13-9-11-5-1-2-6-12(11)10-14(13)17-18/h9-10H,1-8H2,(H,19,20). The number of aryl methyl sites for hydroxylation is 3. The minimum atomic E-state index is -0.740. The van der Waals surface area contributed by atoms with Crippen LogP contribution in [0.3, 0.4) is 0 Å². The van der Waals surface area contributed by atoms with Gasteiger partial charge >= 0.3 is 5.97 Å². The van der Waals surface area contributed by atoms with Gasteiger partial charge in [-0.15, -0.1) is 0 Å². The molecule has 0 fully saturated rings. The fourth-order valence-electron chi connectivity index (χ4n) is 2.82. The molecule has 106 valence electrons. The zero-order chi connectivity index (χ0) is 13.9. The van der Waals surface area contributed by atoms with E-state index < -0.39 is 5.97 Å². The molecule has 0 aliphatic heterocycles. The topological polar surface area (TPSA) is 68.0 Å². The summed E-state index contributed by atoms with van der Waals surface area (Å²) in [6.45, 7) is 0.687. The molecule has 0 amide bonds. The van der Waals surface area contributed by atoms with E-state index in [-0.39, 0.29) is 6.42 Å². The van der Waals surface area contributed by atoms with Crippen LogP contribution >= 0.6 is 0 Å². The lowest BCUT2D eigenvalue weighted by Crippen LogP contribution is -2.03. The van der Waals surface area contributed by atoms with Gasteiger partial charge in [-0.1, -0.05) is 0 Å². The van der Waals surface area contributed by atoms with Crippen LogP contribution in [0.25, 0.3) is 11.0 Å². The largest absolute Gasteiger partial charge is 0.481 e. The normalized spacial score (nSPS) is 14.4. The van der Waals surface area contributed by atoms with Crippen LogP contribution in [0.2, 0.25) is 0 Å². The van der Waals surface area contributed by atoms with Gasteiger partial charge < -0.3 is 5.11 Å². The fraction of sp³-hybridized carbons (Fsp3) is 0.533. The van der Waals surface area contributed by atoms with Gasteiger partial charge in [-0.25, -0.2) is 0 Å². The number of fused-ring (bicyclic) bond motifs is 2. The second-order valence-electron chi connectivity index (χ2n) is 5.46. The summed E-state index contributed by atoms with van der Waals surface area (Å²) in [6, 6.07) is 4.34. The van der Waals surface area contributed by atoms with E-state index in [1.807, 2.05) is 0 Å². The van der Waals surface area contributed by atoms with Crippen molar-refractivity contribution in [1.82, 2.24) is 15.0 Å². The van der Waals surface area contributed by atoms with Crippen molar-refractivity contribution in [3.05, 3.63) is 23.3 Å². The lowest BCUT2D eigenvalue weighted by Gasteiger charge is -2.14. The summed E-state index contributed by atoms with van der Waals surface area (Å²) in [5.74, 6) is -0.740. The van der Waals surface area contributed by atoms with Gasteiger partial charge in [0, 0.05) is 6.42 Å². The molecule has 1 aliphatic rings. The zero-order valence-electron chi connectivity index (χ0n) is 11.5. The van der Waals surface area contributed by atoms with Gasteiger partial charge in [0.2, 0.25) is 0 Å². The number of carbonyl (C=O) groups is 1. The lowest BCUT2D eigenvalue weighted by atomic mass is 9.91. The summed E-state index contributed by atoms with van der Waals surface area (Å²) in [6.07, 6.45) is 6.52. The number of aliphatic carboxylic acids is 1. The zero-order valence-corrected chi connectivity index (χ0v) is 11.5. The third-order valence-electron chi connectivity index (χ3n) is 3.88. The predicted molar refractivity (Wildman–Crippen MR) is 75.7 cm³/mol. The Morgan fingerprint density at radius 2 is 1.70 bits per heavy atom. The average Bonchev–Trinajstić information content (AvgIpc) is 2.82. The monoisotopic (exact) mass is 273 g/mol. The van der Waals surface area contributed by atoms with E-state index in [1.54, 1.807) is 4.80 Å². The molecule has 1 aromatic carbocycles. The van der Waals surface area contributed by atoms with Crippen LogP contribution in [0.4, 0.5) is 0 Å². The number of unbranched alkanes of at least 4 members (excludes halogenated alkanes) is 1. The van der Waals surface area contributed by atoms with Gasteiger partial charge in [0.1, 0.15) is 11.0 Å². The third kappa shape index (κ3) is 2.81. The summed E-state index contributed by atoms with van der Waals surface area (Å²) < 4.78 is 0. The van der Waals surface area contributed by atoms with Gasteiger partial charge in [0.15, 0.2) is 0 Å². The second-order valence-corrected chi connectivity index (χ2v) is 5.46. The molecule has 0 saturated carbocycles. The van der Waals surface area contributed by atoms with Crippen LogP contribution < -0.4 is 0 Å². The Balaban J connectivity index is 1.72. The molecular formula is C15H19N3O2. The lowest BCUT2D eigenvalue weighted by molar-refractivity contribution is -0.137. The first-order valence-corrected chi connectivity index (χ1v) is 7.31. The summed E-state index contributed by atoms with van der Waals surface area (Å²) in [7, 11) is 0. The highest BCUT2D eigenvalue weighted by atomic mass is 16.4. The molecule has 1 heterocycles. The molecule has 1 aromatic heterocycles. The highest BCUT2D eigenvalue weighted by Gasteiger charge is 2.12. The van der Waals surface area contributed by atoms with Crippen molar-refractivity contribution in [2.75, 3.05) is 0 Å². The van der Waals surface area contributed by atoms with Gasteiger partial charge in [0.05, 0.1) is 6.54 Å². The molecule has 0 radical (unpaired) electrons. The van der Waals surface area contributed by atoms with E-state index >= 15 is 0 Å². The van der Waals surface area contributed by atoms with Crippen LogP contribution in [0, 0.1) is 0 Å². The predicted octanol–water partition coefficient (Wildman–Crippen LogP) is 2.57. The van der Waals surface area contributed by atoms with Crippen molar-refractivity contribution in [1.29, 1.82) is 0 Å². The maximum Gasteiger partial charge on any atom is 0.303 e. The number of carboxylic acids is 1. The van der Waals surface area contributed by atoms with Crippen LogP contribution in [0.1, 0.15) is 43.2 Å². The highest BCUT2D eigenvalue weighted by molar-refractivity contribution is 5.76. The van der Waals surface area contributed by atoms with Crippen molar-refractivity contribution in [3.8, 4) is 0 Å². The molecule has 0 saturated heterocycles. The summed E-state index contributed by atoms with van der Waals surface area (Å²) in [4.78, 5) is 12.2. The average molecular weight is 273 g/mol. The molecule has 5 heteroatoms. The molecule has 0 atom stereocenters. The van der Waals surface area contributed by atoms with Gasteiger partial charge in [-0.3, -0.25) is 4.79 Å². The molecule has 1 aliphatic carbocycles. The summed E-state index contributed by atoms with van der Waals surface area (Å²) >= 11 is 0. The van der Waals surface area contributed by atoms with E-state index in [0.29, 0.717) is 13.0 Å². The molecule has 2 aromatic rings. The number of hydrogen-bond acceptors (Lipinski definition) is 3. The molecular weight excluding hydrogens is 254 g/mol. The van der Waals surface area contributed by atoms with E-state index in [4.69, 9.17) is 5.11 Å². The number of carboxylic acid groups (broad SMARTS) is 1. The van der Waals surface area contributed by atoms with Crippen LogP contribution in [-0.4, -0.2) is 26.1 Å². The van der Waals surface area contributed by atoms with Crippen molar-refractivity contribution >= 4 is 17.0 Å². The molecule has 20 heavy (non-hydrogen) atoms. The highest BCUT2D eigenvalue weighted by Crippen LogP contribution is 2.24. The fourth-order valence-corrected chi connectivity index (χ4v) is 2.82. The maximum absolute atomic E-state index is 10.5. The summed E-state index contributed by atoms with van der Waals surface area (Å²) in [5, 5.41) is 17.6. The van der Waals surface area contributed by atoms with E-state index in [2.05, 4.69) is 22.3 Å². The summed E-state index contributed by atoms with van der Waals surface area (Å²) in [5.41, 5.74) is 4.76. The van der Waals surface area contributed by atoms with Crippen molar-refractivity contribution in [2.24, 2.45) is 0 Å². The molecule has 1 N–H and O–H groups in total. The Labute approximate surface area is 117 Å². The van der Waals surface area contributed by atoms with E-state index in [0.717, 1.165) is 30.3 Å². The molecule has 5 nitrogen and oxygen atoms in total. The van der Waals surface area contributed by atoms with Crippen LogP contribution in [-0.2, 0) is 24.2 Å². The Kier molecular flexibility index (Phi) is 3.67. The molecule has 0 bridgehead atoms. The third-order valence-corrected chi connectivity index (χ3v) is 3.88. The maximum atomic E-state index is 10.5. The smallest absolute Gasteiger partial charge is 0.303 e. The quantitative estimate of drug-likeness (QED) is 0.850. The Hall–Kier alpha value is -1.91. The first kappa shape index (κ1) is 13.1. The van der Waals surface area contributed by atoms with Crippen molar-refractivity contribution < 1.29 is 9.90 Å². The van der Waals surface area contributed by atoms with Gasteiger partial charge in [-0.2, -0.15) is 15.0 Å². The minimum absolute atomic E-state index is 0.217. The Morgan fingerprint density at radius 1 is 1.10 bits per heavy atom. The van der Waals surface area contributed by atoms with Crippen molar-refractivity contribution in [3.63, 3.8) is 0 Å². The minimum Gasteiger partial charge on any atom is -0.481 e. The first-order chi connectivity index (χ1) is 9.72. The molecule has 0 unspecified atom stereocenters. The number of aromatic nitrogens is 3. The molecule has 0 spiro atoms. The number of nitrogens with zero attached hydrogens (tertiary/aromatic N) is 3.